The molecule has 0 aliphatic carbocycles. The van der Waals surface area contributed by atoms with Crippen LogP contribution >= 0.6 is 11.6 Å². The zero-order valence-electron chi connectivity index (χ0n) is 7.13. The lowest BCUT2D eigenvalue weighted by molar-refractivity contribution is -0.934. The highest BCUT2D eigenvalue weighted by atomic mass is 35.5. The van der Waals surface area contributed by atoms with Gasteiger partial charge in [0.2, 0.25) is 6.23 Å². The summed E-state index contributed by atoms with van der Waals surface area (Å²) in [5.74, 6) is 0. The first-order valence-electron chi connectivity index (χ1n) is 3.56. The maximum Gasteiger partial charge on any atom is 0.206 e. The molecule has 2 unspecified atom stereocenters. The van der Waals surface area contributed by atoms with Crippen LogP contribution in [0.15, 0.2) is 0 Å². The lowest BCUT2D eigenvalue weighted by atomic mass is 10.3. The topological polar surface area (TPSA) is 20.2 Å². The number of quaternary nitrogens is 1. The quantitative estimate of drug-likeness (QED) is 0.377. The highest BCUT2D eigenvalue weighted by molar-refractivity contribution is 6.20. The van der Waals surface area contributed by atoms with E-state index in [1.807, 2.05) is 27.9 Å². The number of nitrogens with zero attached hydrogens (tertiary/aromatic N) is 1. The Bertz CT molecular complexity index is 104. The van der Waals surface area contributed by atoms with E-state index in [9.17, 15) is 5.11 Å². The van der Waals surface area contributed by atoms with E-state index < -0.39 is 6.23 Å². The molecule has 0 amide bonds. The van der Waals surface area contributed by atoms with E-state index in [2.05, 4.69) is 0 Å². The van der Waals surface area contributed by atoms with E-state index in [1.165, 1.54) is 0 Å². The summed E-state index contributed by atoms with van der Waals surface area (Å²) in [5, 5.41) is 9.31. The average Bonchev–Trinajstić information content (AvgIpc) is 1.86. The summed E-state index contributed by atoms with van der Waals surface area (Å²) in [6, 6.07) is 0. The third-order valence-electron chi connectivity index (χ3n) is 1.94. The molecule has 0 bridgehead atoms. The van der Waals surface area contributed by atoms with Crippen LogP contribution in [0.4, 0.5) is 0 Å². The molecule has 1 N–H and O–H groups in total. The van der Waals surface area contributed by atoms with Crippen LogP contribution in [-0.2, 0) is 0 Å². The largest absolute Gasteiger partial charge is 0.344 e. The summed E-state index contributed by atoms with van der Waals surface area (Å²) in [4.78, 5) is 0. The summed E-state index contributed by atoms with van der Waals surface area (Å²) in [6.45, 7) is 4.72. The molecule has 2 nitrogen and oxygen atoms in total. The van der Waals surface area contributed by atoms with Crippen LogP contribution in [0.5, 0.6) is 0 Å². The molecule has 2 atom stereocenters. The molecule has 0 aromatic rings. The van der Waals surface area contributed by atoms with Crippen molar-refractivity contribution >= 4 is 11.6 Å². The zero-order valence-corrected chi connectivity index (χ0v) is 7.89. The summed E-state index contributed by atoms with van der Waals surface area (Å²) in [5.41, 5.74) is 0. The van der Waals surface area contributed by atoms with Crippen LogP contribution in [0, 0.1) is 0 Å². The first-order valence-corrected chi connectivity index (χ1v) is 4.00. The van der Waals surface area contributed by atoms with Gasteiger partial charge in [-0.1, -0.05) is 0 Å². The minimum Gasteiger partial charge on any atom is -0.344 e. The van der Waals surface area contributed by atoms with Gasteiger partial charge >= 0.3 is 0 Å². The molecule has 0 aliphatic rings. The van der Waals surface area contributed by atoms with Crippen molar-refractivity contribution in [2.24, 2.45) is 0 Å². The van der Waals surface area contributed by atoms with Gasteiger partial charge in [0.25, 0.3) is 0 Å². The summed E-state index contributed by atoms with van der Waals surface area (Å²) in [7, 11) is 3.92. The van der Waals surface area contributed by atoms with Crippen LogP contribution < -0.4 is 0 Å². The van der Waals surface area contributed by atoms with Crippen molar-refractivity contribution < 1.29 is 9.59 Å². The number of rotatable bonds is 3. The first-order chi connectivity index (χ1) is 4.41. The third-order valence-corrected chi connectivity index (χ3v) is 2.17. The molecule has 0 aromatic carbocycles. The Kier molecular flexibility index (Phi) is 3.63. The lowest BCUT2D eigenvalue weighted by Gasteiger charge is -2.34. The maximum atomic E-state index is 9.49. The van der Waals surface area contributed by atoms with Gasteiger partial charge in [-0.3, -0.25) is 0 Å². The molecule has 0 fully saturated rings. The number of hydrogen-bond donors (Lipinski definition) is 1. The van der Waals surface area contributed by atoms with Crippen molar-refractivity contribution in [3.8, 4) is 0 Å². The van der Waals surface area contributed by atoms with Gasteiger partial charge in [-0.05, 0) is 13.8 Å². The number of alkyl halides is 1. The standard InChI is InChI=1S/C7H17ClNO/c1-5-9(3,4)7(10)6(2)8/h6-7,10H,5H2,1-4H3/q+1. The lowest BCUT2D eigenvalue weighted by Crippen LogP contribution is -2.52. The van der Waals surface area contributed by atoms with E-state index in [0.29, 0.717) is 4.48 Å². The van der Waals surface area contributed by atoms with E-state index in [4.69, 9.17) is 11.6 Å². The minimum absolute atomic E-state index is 0.185. The van der Waals surface area contributed by atoms with Gasteiger partial charge in [0, 0.05) is 0 Å². The highest BCUT2D eigenvalue weighted by Gasteiger charge is 2.27. The predicted octanol–water partition coefficient (Wildman–Crippen LogP) is 1.03. The molecular weight excluding hydrogens is 150 g/mol. The Labute approximate surface area is 68.0 Å². The molecule has 0 aromatic heterocycles. The van der Waals surface area contributed by atoms with Gasteiger partial charge in [-0.2, -0.15) is 0 Å². The Balaban J connectivity index is 4.03. The van der Waals surface area contributed by atoms with Crippen molar-refractivity contribution in [2.45, 2.75) is 25.5 Å². The molecule has 0 rings (SSSR count). The minimum atomic E-state index is -0.466. The number of aliphatic hydroxyl groups excluding tert-OH is 1. The Hall–Kier alpha value is 0.210. The van der Waals surface area contributed by atoms with Crippen LogP contribution in [0.1, 0.15) is 13.8 Å². The van der Waals surface area contributed by atoms with Crippen molar-refractivity contribution in [3.63, 3.8) is 0 Å². The molecule has 3 heteroatoms. The van der Waals surface area contributed by atoms with Gasteiger partial charge in [-0.25, -0.2) is 0 Å². The molecular formula is C7H17ClNO+. The van der Waals surface area contributed by atoms with E-state index in [1.54, 1.807) is 0 Å². The number of hydrogen-bond acceptors (Lipinski definition) is 1. The summed E-state index contributed by atoms with van der Waals surface area (Å²) < 4.78 is 0.560. The van der Waals surface area contributed by atoms with Crippen molar-refractivity contribution in [1.82, 2.24) is 0 Å². The highest BCUT2D eigenvalue weighted by Crippen LogP contribution is 2.11. The molecule has 0 heterocycles. The van der Waals surface area contributed by atoms with Gasteiger partial charge < -0.3 is 9.59 Å². The Morgan fingerprint density at radius 2 is 1.90 bits per heavy atom. The Morgan fingerprint density at radius 1 is 1.50 bits per heavy atom. The van der Waals surface area contributed by atoms with E-state index in [-0.39, 0.29) is 5.38 Å². The third kappa shape index (κ3) is 2.45. The zero-order chi connectivity index (χ0) is 8.36. The molecule has 0 radical (unpaired) electrons. The van der Waals surface area contributed by atoms with E-state index in [0.717, 1.165) is 6.54 Å². The van der Waals surface area contributed by atoms with Gasteiger partial charge in [0.1, 0.15) is 5.38 Å². The SMILES string of the molecule is CC[N+](C)(C)C(O)C(C)Cl. The molecule has 0 saturated carbocycles. The van der Waals surface area contributed by atoms with Crippen molar-refractivity contribution in [3.05, 3.63) is 0 Å². The first kappa shape index (κ1) is 10.2. The van der Waals surface area contributed by atoms with Gasteiger partial charge in [0.05, 0.1) is 20.6 Å². The molecule has 0 saturated heterocycles. The Morgan fingerprint density at radius 3 is 2.00 bits per heavy atom. The fraction of sp³-hybridized carbons (Fsp3) is 1.00. The molecule has 0 spiro atoms. The summed E-state index contributed by atoms with van der Waals surface area (Å²) in [6.07, 6.45) is -0.466. The number of aliphatic hydroxyl groups is 1. The molecule has 62 valence electrons. The second-order valence-electron chi connectivity index (χ2n) is 3.19. The number of halogens is 1. The predicted molar refractivity (Wildman–Crippen MR) is 44.0 cm³/mol. The van der Waals surface area contributed by atoms with Crippen LogP contribution in [0.2, 0.25) is 0 Å². The second kappa shape index (κ2) is 3.56. The molecule has 0 aliphatic heterocycles. The smallest absolute Gasteiger partial charge is 0.206 e. The maximum absolute atomic E-state index is 9.49. The fourth-order valence-electron chi connectivity index (χ4n) is 0.743. The normalized spacial score (nSPS) is 18.6. The van der Waals surface area contributed by atoms with Crippen LogP contribution in [0.3, 0.4) is 0 Å². The van der Waals surface area contributed by atoms with Crippen LogP contribution in [-0.4, -0.2) is 41.8 Å². The molecule has 10 heavy (non-hydrogen) atoms. The van der Waals surface area contributed by atoms with Gasteiger partial charge in [0.15, 0.2) is 0 Å². The fourth-order valence-corrected chi connectivity index (χ4v) is 1.05. The van der Waals surface area contributed by atoms with Crippen molar-refractivity contribution in [2.75, 3.05) is 20.6 Å². The van der Waals surface area contributed by atoms with Crippen LogP contribution in [0.25, 0.3) is 0 Å². The summed E-state index contributed by atoms with van der Waals surface area (Å²) >= 11 is 5.73. The monoisotopic (exact) mass is 166 g/mol. The van der Waals surface area contributed by atoms with E-state index >= 15 is 0 Å². The second-order valence-corrected chi connectivity index (χ2v) is 3.87. The van der Waals surface area contributed by atoms with Crippen molar-refractivity contribution in [1.29, 1.82) is 0 Å². The van der Waals surface area contributed by atoms with Gasteiger partial charge in [-0.15, -0.1) is 11.6 Å². The average molecular weight is 167 g/mol.